The first kappa shape index (κ1) is 18.4. The van der Waals surface area contributed by atoms with E-state index in [0.29, 0.717) is 11.3 Å². The van der Waals surface area contributed by atoms with Crippen LogP contribution in [-0.4, -0.2) is 30.5 Å². The zero-order valence-electron chi connectivity index (χ0n) is 14.9. The molecule has 146 valence electrons. The van der Waals surface area contributed by atoms with Crippen molar-refractivity contribution in [2.75, 3.05) is 5.32 Å². The highest BCUT2D eigenvalue weighted by Gasteiger charge is 2.14. The van der Waals surface area contributed by atoms with Gasteiger partial charge in [-0.25, -0.2) is 18.4 Å². The van der Waals surface area contributed by atoms with Gasteiger partial charge in [-0.3, -0.25) is 14.2 Å². The second-order valence-electron chi connectivity index (χ2n) is 6.29. The SMILES string of the molecule is O=C(Cn1cnc2c(nnn2Cc2cc(F)cc(F)c2)c1=O)Nc1ccccc1. The van der Waals surface area contributed by atoms with Crippen molar-refractivity contribution in [2.45, 2.75) is 13.1 Å². The minimum Gasteiger partial charge on any atom is -0.325 e. The highest BCUT2D eigenvalue weighted by molar-refractivity contribution is 5.90. The van der Waals surface area contributed by atoms with E-state index in [1.807, 2.05) is 6.07 Å². The van der Waals surface area contributed by atoms with Crippen LogP contribution in [0.5, 0.6) is 0 Å². The third kappa shape index (κ3) is 4.00. The number of fused-ring (bicyclic) bond motifs is 1. The van der Waals surface area contributed by atoms with Gasteiger partial charge in [0.15, 0.2) is 11.2 Å². The molecule has 0 aliphatic heterocycles. The Morgan fingerprint density at radius 1 is 1.07 bits per heavy atom. The van der Waals surface area contributed by atoms with Crippen molar-refractivity contribution in [1.82, 2.24) is 24.5 Å². The van der Waals surface area contributed by atoms with Crippen LogP contribution >= 0.6 is 0 Å². The number of carbonyl (C=O) groups is 1. The van der Waals surface area contributed by atoms with Crippen LogP contribution < -0.4 is 10.9 Å². The van der Waals surface area contributed by atoms with Gasteiger partial charge >= 0.3 is 0 Å². The number of para-hydroxylation sites is 1. The zero-order chi connectivity index (χ0) is 20.4. The van der Waals surface area contributed by atoms with Crippen LogP contribution in [0, 0.1) is 11.6 Å². The van der Waals surface area contributed by atoms with E-state index in [1.165, 1.54) is 11.0 Å². The number of aromatic nitrogens is 5. The fourth-order valence-corrected chi connectivity index (χ4v) is 2.86. The lowest BCUT2D eigenvalue weighted by atomic mass is 10.2. The summed E-state index contributed by atoms with van der Waals surface area (Å²) in [6.07, 6.45) is 1.21. The van der Waals surface area contributed by atoms with Crippen molar-refractivity contribution in [3.8, 4) is 0 Å². The predicted octanol–water partition coefficient (Wildman–Crippen LogP) is 1.95. The van der Waals surface area contributed by atoms with Crippen molar-refractivity contribution in [2.24, 2.45) is 0 Å². The highest BCUT2D eigenvalue weighted by atomic mass is 19.1. The molecule has 0 atom stereocenters. The third-order valence-corrected chi connectivity index (χ3v) is 4.12. The van der Waals surface area contributed by atoms with Gasteiger partial charge in [-0.2, -0.15) is 0 Å². The Bertz CT molecular complexity index is 1230. The monoisotopic (exact) mass is 396 g/mol. The maximum Gasteiger partial charge on any atom is 0.283 e. The number of amides is 1. The molecule has 29 heavy (non-hydrogen) atoms. The summed E-state index contributed by atoms with van der Waals surface area (Å²) in [5.41, 5.74) is 0.474. The van der Waals surface area contributed by atoms with Crippen LogP contribution in [0.1, 0.15) is 5.56 Å². The number of rotatable bonds is 5. The Hall–Kier alpha value is -3.95. The van der Waals surface area contributed by atoms with Gasteiger partial charge in [-0.05, 0) is 29.8 Å². The number of nitrogens with one attached hydrogen (secondary N) is 1. The van der Waals surface area contributed by atoms with Crippen molar-refractivity contribution >= 4 is 22.8 Å². The molecular weight excluding hydrogens is 382 g/mol. The second kappa shape index (κ2) is 7.58. The van der Waals surface area contributed by atoms with Gasteiger partial charge in [-0.1, -0.05) is 23.4 Å². The number of hydrogen-bond donors (Lipinski definition) is 1. The summed E-state index contributed by atoms with van der Waals surface area (Å²) in [4.78, 5) is 28.9. The summed E-state index contributed by atoms with van der Waals surface area (Å²) in [7, 11) is 0. The lowest BCUT2D eigenvalue weighted by molar-refractivity contribution is -0.116. The van der Waals surface area contributed by atoms with E-state index < -0.39 is 23.1 Å². The average molecular weight is 396 g/mol. The van der Waals surface area contributed by atoms with Crippen LogP contribution in [-0.2, 0) is 17.9 Å². The van der Waals surface area contributed by atoms with E-state index in [9.17, 15) is 18.4 Å². The van der Waals surface area contributed by atoms with Crippen LogP contribution in [0.2, 0.25) is 0 Å². The summed E-state index contributed by atoms with van der Waals surface area (Å²) in [5, 5.41) is 10.3. The molecule has 2 aromatic carbocycles. The van der Waals surface area contributed by atoms with Crippen LogP contribution in [0.15, 0.2) is 59.7 Å². The van der Waals surface area contributed by atoms with Crippen molar-refractivity contribution in [3.05, 3.63) is 82.4 Å². The molecule has 0 radical (unpaired) electrons. The third-order valence-electron chi connectivity index (χ3n) is 4.12. The zero-order valence-corrected chi connectivity index (χ0v) is 14.9. The molecule has 0 aliphatic carbocycles. The van der Waals surface area contributed by atoms with E-state index >= 15 is 0 Å². The van der Waals surface area contributed by atoms with Gasteiger partial charge < -0.3 is 5.32 Å². The van der Waals surface area contributed by atoms with Crippen molar-refractivity contribution in [3.63, 3.8) is 0 Å². The molecule has 1 N–H and O–H groups in total. The molecule has 0 aliphatic rings. The number of nitrogens with zero attached hydrogens (tertiary/aromatic N) is 5. The number of benzene rings is 2. The molecule has 0 saturated heterocycles. The Morgan fingerprint density at radius 2 is 1.79 bits per heavy atom. The molecule has 0 bridgehead atoms. The molecule has 4 rings (SSSR count). The smallest absolute Gasteiger partial charge is 0.283 e. The fourth-order valence-electron chi connectivity index (χ4n) is 2.86. The first-order valence-corrected chi connectivity index (χ1v) is 8.58. The van der Waals surface area contributed by atoms with Gasteiger partial charge in [0.2, 0.25) is 5.91 Å². The Morgan fingerprint density at radius 3 is 2.52 bits per heavy atom. The maximum absolute atomic E-state index is 13.4. The molecular formula is C19H14F2N6O2. The van der Waals surface area contributed by atoms with Crippen LogP contribution in [0.4, 0.5) is 14.5 Å². The second-order valence-corrected chi connectivity index (χ2v) is 6.29. The van der Waals surface area contributed by atoms with Gasteiger partial charge in [-0.15, -0.1) is 5.10 Å². The summed E-state index contributed by atoms with van der Waals surface area (Å²) in [6, 6.07) is 11.9. The van der Waals surface area contributed by atoms with E-state index in [2.05, 4.69) is 20.6 Å². The van der Waals surface area contributed by atoms with Gasteiger partial charge in [0.05, 0.1) is 6.54 Å². The number of carbonyl (C=O) groups excluding carboxylic acids is 1. The van der Waals surface area contributed by atoms with Gasteiger partial charge in [0, 0.05) is 11.8 Å². The molecule has 8 nitrogen and oxygen atoms in total. The lowest BCUT2D eigenvalue weighted by Crippen LogP contribution is -2.28. The van der Waals surface area contributed by atoms with E-state index in [4.69, 9.17) is 0 Å². The minimum absolute atomic E-state index is 0.0177. The van der Waals surface area contributed by atoms with E-state index in [1.54, 1.807) is 24.3 Å². The molecule has 1 amide bonds. The van der Waals surface area contributed by atoms with E-state index in [-0.39, 0.29) is 24.3 Å². The minimum atomic E-state index is -0.718. The largest absolute Gasteiger partial charge is 0.325 e. The van der Waals surface area contributed by atoms with E-state index in [0.717, 1.165) is 22.8 Å². The predicted molar refractivity (Wildman–Crippen MR) is 100 cm³/mol. The average Bonchev–Trinajstić information content (AvgIpc) is 3.07. The first-order chi connectivity index (χ1) is 14.0. The van der Waals surface area contributed by atoms with Crippen LogP contribution in [0.25, 0.3) is 11.2 Å². The topological polar surface area (TPSA) is 94.7 Å². The quantitative estimate of drug-likeness (QED) is 0.557. The standard InChI is InChI=1S/C19H14F2N6O2/c20-13-6-12(7-14(21)8-13)9-27-18-17(24-25-27)19(29)26(11-22-18)10-16(28)23-15-4-2-1-3-5-15/h1-8,11H,9-10H2,(H,23,28). The van der Waals surface area contributed by atoms with Gasteiger partial charge in [0.25, 0.3) is 5.56 Å². The number of halogens is 2. The molecule has 0 saturated carbocycles. The molecule has 4 aromatic rings. The molecule has 10 heteroatoms. The maximum atomic E-state index is 13.4. The van der Waals surface area contributed by atoms with Crippen LogP contribution in [0.3, 0.4) is 0 Å². The van der Waals surface area contributed by atoms with Crippen molar-refractivity contribution < 1.29 is 13.6 Å². The Labute approximate surface area is 162 Å². The van der Waals surface area contributed by atoms with Gasteiger partial charge in [0.1, 0.15) is 24.5 Å². The highest BCUT2D eigenvalue weighted by Crippen LogP contribution is 2.11. The molecule has 2 heterocycles. The first-order valence-electron chi connectivity index (χ1n) is 8.58. The summed E-state index contributed by atoms with van der Waals surface area (Å²) >= 11 is 0. The molecule has 0 unspecified atom stereocenters. The van der Waals surface area contributed by atoms with Crippen molar-refractivity contribution in [1.29, 1.82) is 0 Å². The summed E-state index contributed by atoms with van der Waals surface area (Å²) in [6.45, 7) is -0.269. The Kier molecular flexibility index (Phi) is 4.82. The summed E-state index contributed by atoms with van der Waals surface area (Å²) < 4.78 is 29.1. The number of anilines is 1. The number of hydrogen-bond acceptors (Lipinski definition) is 5. The normalized spacial score (nSPS) is 11.0. The molecule has 0 spiro atoms. The lowest BCUT2D eigenvalue weighted by Gasteiger charge is -2.07. The fraction of sp³-hybridized carbons (Fsp3) is 0.105. The Balaban J connectivity index is 1.57. The molecule has 0 fully saturated rings. The molecule has 2 aromatic heterocycles. The summed E-state index contributed by atoms with van der Waals surface area (Å²) in [5.74, 6) is -1.84.